The lowest BCUT2D eigenvalue weighted by Crippen LogP contribution is -2.40. The summed E-state index contributed by atoms with van der Waals surface area (Å²) in [5, 5.41) is 5.38. The number of carbonyl (C=O) groups is 3. The predicted octanol–water partition coefficient (Wildman–Crippen LogP) is 1.40. The van der Waals surface area contributed by atoms with Crippen molar-refractivity contribution in [1.29, 1.82) is 0 Å². The highest BCUT2D eigenvalue weighted by molar-refractivity contribution is 5.99. The van der Waals surface area contributed by atoms with E-state index in [0.717, 1.165) is 6.42 Å². The van der Waals surface area contributed by atoms with Crippen molar-refractivity contribution in [2.45, 2.75) is 32.8 Å². The van der Waals surface area contributed by atoms with Crippen LogP contribution in [0, 0.1) is 0 Å². The minimum Gasteiger partial charge on any atom is -0.368 e. The molecule has 1 saturated heterocycles. The van der Waals surface area contributed by atoms with Crippen molar-refractivity contribution < 1.29 is 19.1 Å². The quantitative estimate of drug-likeness (QED) is 0.780. The number of ether oxygens (including phenoxy) is 1. The molecule has 7 nitrogen and oxygen atoms in total. The molecule has 136 valence electrons. The first-order valence-electron chi connectivity index (χ1n) is 8.63. The van der Waals surface area contributed by atoms with E-state index in [2.05, 4.69) is 10.6 Å². The molecule has 0 bridgehead atoms. The molecular formula is C18H25N3O4. The first kappa shape index (κ1) is 18.9. The summed E-state index contributed by atoms with van der Waals surface area (Å²) >= 11 is 0. The Morgan fingerprint density at radius 1 is 1.24 bits per heavy atom. The molecule has 1 aliphatic heterocycles. The fourth-order valence-corrected chi connectivity index (χ4v) is 2.69. The first-order chi connectivity index (χ1) is 12.0. The SMILES string of the molecule is CCN(CC)C(=O)CNC(=O)c1cccc(NC(=O)[C@H]2CCCO2)c1. The van der Waals surface area contributed by atoms with Crippen molar-refractivity contribution in [2.24, 2.45) is 0 Å². The molecule has 1 atom stereocenters. The lowest BCUT2D eigenvalue weighted by Gasteiger charge is -2.18. The van der Waals surface area contributed by atoms with Crippen LogP contribution in [0.3, 0.4) is 0 Å². The maximum Gasteiger partial charge on any atom is 0.253 e. The molecule has 1 aliphatic rings. The predicted molar refractivity (Wildman–Crippen MR) is 94.3 cm³/mol. The Bertz CT molecular complexity index is 623. The zero-order chi connectivity index (χ0) is 18.2. The van der Waals surface area contributed by atoms with Gasteiger partial charge in [0.15, 0.2) is 0 Å². The Hall–Kier alpha value is -2.41. The van der Waals surface area contributed by atoms with E-state index >= 15 is 0 Å². The molecule has 0 saturated carbocycles. The second kappa shape index (κ2) is 9.17. The largest absolute Gasteiger partial charge is 0.368 e. The molecule has 2 rings (SSSR count). The van der Waals surface area contributed by atoms with Gasteiger partial charge in [-0.05, 0) is 44.9 Å². The number of nitrogens with one attached hydrogen (secondary N) is 2. The lowest BCUT2D eigenvalue weighted by molar-refractivity contribution is -0.129. The summed E-state index contributed by atoms with van der Waals surface area (Å²) in [7, 11) is 0. The van der Waals surface area contributed by atoms with E-state index in [1.807, 2.05) is 13.8 Å². The Labute approximate surface area is 147 Å². The zero-order valence-electron chi connectivity index (χ0n) is 14.7. The third-order valence-electron chi connectivity index (χ3n) is 4.13. The van der Waals surface area contributed by atoms with Gasteiger partial charge in [0.2, 0.25) is 5.91 Å². The molecule has 1 fully saturated rings. The van der Waals surface area contributed by atoms with Gasteiger partial charge in [-0.25, -0.2) is 0 Å². The van der Waals surface area contributed by atoms with Crippen molar-refractivity contribution in [1.82, 2.24) is 10.2 Å². The highest BCUT2D eigenvalue weighted by Gasteiger charge is 2.23. The number of benzene rings is 1. The molecule has 0 spiro atoms. The zero-order valence-corrected chi connectivity index (χ0v) is 14.7. The molecule has 0 unspecified atom stereocenters. The van der Waals surface area contributed by atoms with Crippen LogP contribution >= 0.6 is 0 Å². The van der Waals surface area contributed by atoms with E-state index in [-0.39, 0.29) is 24.3 Å². The molecule has 1 aromatic carbocycles. The maximum absolute atomic E-state index is 12.2. The minimum atomic E-state index is -0.427. The van der Waals surface area contributed by atoms with E-state index in [1.54, 1.807) is 29.2 Å². The molecular weight excluding hydrogens is 322 g/mol. The van der Waals surface area contributed by atoms with Crippen LogP contribution in [0.15, 0.2) is 24.3 Å². The molecule has 0 aromatic heterocycles. The van der Waals surface area contributed by atoms with Crippen molar-refractivity contribution in [3.05, 3.63) is 29.8 Å². The topological polar surface area (TPSA) is 87.7 Å². The number of likely N-dealkylation sites (N-methyl/N-ethyl adjacent to an activating group) is 1. The van der Waals surface area contributed by atoms with Gasteiger partial charge in [-0.15, -0.1) is 0 Å². The van der Waals surface area contributed by atoms with Gasteiger partial charge >= 0.3 is 0 Å². The van der Waals surface area contributed by atoms with Crippen LogP contribution in [0.25, 0.3) is 0 Å². The van der Waals surface area contributed by atoms with Gasteiger partial charge in [0.05, 0.1) is 6.54 Å². The molecule has 1 heterocycles. The molecule has 7 heteroatoms. The molecule has 0 radical (unpaired) electrons. The Balaban J connectivity index is 1.92. The number of rotatable bonds is 7. The van der Waals surface area contributed by atoms with Crippen LogP contribution in [0.1, 0.15) is 37.0 Å². The van der Waals surface area contributed by atoms with Crippen LogP contribution in [0.2, 0.25) is 0 Å². The number of hydrogen-bond acceptors (Lipinski definition) is 4. The van der Waals surface area contributed by atoms with Gasteiger partial charge < -0.3 is 20.3 Å². The monoisotopic (exact) mass is 347 g/mol. The summed E-state index contributed by atoms with van der Waals surface area (Å²) in [6.45, 7) is 5.55. The number of hydrogen-bond donors (Lipinski definition) is 2. The van der Waals surface area contributed by atoms with Crippen LogP contribution in [0.4, 0.5) is 5.69 Å². The van der Waals surface area contributed by atoms with Gasteiger partial charge in [-0.1, -0.05) is 6.07 Å². The first-order valence-corrected chi connectivity index (χ1v) is 8.63. The summed E-state index contributed by atoms with van der Waals surface area (Å²) in [4.78, 5) is 37.9. The molecule has 1 aromatic rings. The van der Waals surface area contributed by atoms with E-state index in [9.17, 15) is 14.4 Å². The second-order valence-corrected chi connectivity index (χ2v) is 5.82. The Morgan fingerprint density at radius 3 is 2.64 bits per heavy atom. The number of amides is 3. The van der Waals surface area contributed by atoms with E-state index in [4.69, 9.17) is 4.74 Å². The fourth-order valence-electron chi connectivity index (χ4n) is 2.69. The van der Waals surface area contributed by atoms with Gasteiger partial charge in [-0.2, -0.15) is 0 Å². The van der Waals surface area contributed by atoms with Crippen LogP contribution in [0.5, 0.6) is 0 Å². The number of nitrogens with zero attached hydrogens (tertiary/aromatic N) is 1. The Morgan fingerprint density at radius 2 is 2.00 bits per heavy atom. The average molecular weight is 347 g/mol. The molecule has 3 amide bonds. The van der Waals surface area contributed by atoms with E-state index in [1.165, 1.54) is 0 Å². The summed E-state index contributed by atoms with van der Waals surface area (Å²) in [6, 6.07) is 6.62. The van der Waals surface area contributed by atoms with Crippen LogP contribution < -0.4 is 10.6 Å². The summed E-state index contributed by atoms with van der Waals surface area (Å²) in [6.07, 6.45) is 1.16. The fraction of sp³-hybridized carbons (Fsp3) is 0.500. The van der Waals surface area contributed by atoms with Crippen LogP contribution in [-0.2, 0) is 14.3 Å². The third kappa shape index (κ3) is 5.29. The second-order valence-electron chi connectivity index (χ2n) is 5.82. The molecule has 25 heavy (non-hydrogen) atoms. The van der Waals surface area contributed by atoms with Gasteiger partial charge in [0, 0.05) is 30.9 Å². The normalized spacial score (nSPS) is 16.3. The molecule has 2 N–H and O–H groups in total. The summed E-state index contributed by atoms with van der Waals surface area (Å²) in [5.74, 6) is -0.679. The van der Waals surface area contributed by atoms with Crippen molar-refractivity contribution in [3.63, 3.8) is 0 Å². The average Bonchev–Trinajstić information content (AvgIpc) is 3.15. The number of carbonyl (C=O) groups excluding carboxylic acids is 3. The van der Waals surface area contributed by atoms with E-state index < -0.39 is 6.10 Å². The Kier molecular flexibility index (Phi) is 6.94. The third-order valence-corrected chi connectivity index (χ3v) is 4.13. The molecule has 0 aliphatic carbocycles. The summed E-state index contributed by atoms with van der Waals surface area (Å²) in [5.41, 5.74) is 0.917. The van der Waals surface area contributed by atoms with Gasteiger partial charge in [0.25, 0.3) is 11.8 Å². The van der Waals surface area contributed by atoms with Crippen LogP contribution in [-0.4, -0.2) is 55.0 Å². The van der Waals surface area contributed by atoms with Crippen molar-refractivity contribution >= 4 is 23.4 Å². The lowest BCUT2D eigenvalue weighted by atomic mass is 10.1. The standard InChI is InChI=1S/C18H25N3O4/c1-3-21(4-2)16(22)12-19-17(23)13-7-5-8-14(11-13)20-18(24)15-9-6-10-25-15/h5,7-8,11,15H,3-4,6,9-10,12H2,1-2H3,(H,19,23)(H,20,24)/t15-/m1/s1. The highest BCUT2D eigenvalue weighted by atomic mass is 16.5. The van der Waals surface area contributed by atoms with Crippen molar-refractivity contribution in [2.75, 3.05) is 31.6 Å². The maximum atomic E-state index is 12.2. The van der Waals surface area contributed by atoms with Gasteiger partial charge in [0.1, 0.15) is 6.10 Å². The summed E-state index contributed by atoms with van der Waals surface area (Å²) < 4.78 is 5.34. The minimum absolute atomic E-state index is 0.0486. The number of anilines is 1. The highest BCUT2D eigenvalue weighted by Crippen LogP contribution is 2.16. The smallest absolute Gasteiger partial charge is 0.253 e. The van der Waals surface area contributed by atoms with E-state index in [0.29, 0.717) is 37.4 Å². The van der Waals surface area contributed by atoms with Crippen molar-refractivity contribution in [3.8, 4) is 0 Å². The van der Waals surface area contributed by atoms with Gasteiger partial charge in [-0.3, -0.25) is 14.4 Å².